The van der Waals surface area contributed by atoms with Crippen LogP contribution in [0.2, 0.25) is 0 Å². The largest absolute Gasteiger partial charge is 0.360 e. The van der Waals surface area contributed by atoms with Gasteiger partial charge in [-0.2, -0.15) is 0 Å². The van der Waals surface area contributed by atoms with Crippen molar-refractivity contribution < 1.29 is 14.1 Å². The number of rotatable bonds is 8. The monoisotopic (exact) mass is 348 g/mol. The molecule has 0 aliphatic heterocycles. The number of carbonyl (C=O) groups excluding carboxylic acids is 2. The van der Waals surface area contributed by atoms with Gasteiger partial charge in [0.2, 0.25) is 11.8 Å². The average molecular weight is 349 g/mol. The van der Waals surface area contributed by atoms with Crippen molar-refractivity contribution >= 4 is 41.8 Å². The molecule has 1 aromatic heterocycles. The highest BCUT2D eigenvalue weighted by Crippen LogP contribution is 2.31. The Kier molecular flexibility index (Phi) is 7.70. The number of thioether (sulfide) groups is 1. The molecule has 0 saturated heterocycles. The summed E-state index contributed by atoms with van der Waals surface area (Å²) < 4.78 is 4.84. The Morgan fingerprint density at radius 3 is 2.73 bits per heavy atom. The number of aryl methyl sites for hydroxylation is 1. The molecule has 1 fully saturated rings. The normalized spacial score (nSPS) is 14.8. The predicted octanol–water partition coefficient (Wildman–Crippen LogP) is 0.930. The molecule has 22 heavy (non-hydrogen) atoms. The van der Waals surface area contributed by atoms with Crippen LogP contribution in [0, 0.1) is 12.8 Å². The van der Waals surface area contributed by atoms with Gasteiger partial charge in [-0.05, 0) is 25.7 Å². The third-order valence-corrected chi connectivity index (χ3v) is 4.06. The molecule has 1 aliphatic carbocycles. The second-order valence-corrected chi connectivity index (χ2v) is 6.15. The molecule has 0 aromatic carbocycles. The number of halogens is 1. The van der Waals surface area contributed by atoms with Crippen LogP contribution in [0.15, 0.2) is 10.6 Å². The molecular weight excluding hydrogens is 328 g/mol. The minimum Gasteiger partial charge on any atom is -0.360 e. The number of aromatic nitrogens is 1. The number of nitrogens with zero attached hydrogens (tertiary/aromatic N) is 1. The average Bonchev–Trinajstić information content (AvgIpc) is 3.20. The second-order valence-electron chi connectivity index (χ2n) is 5.17. The van der Waals surface area contributed by atoms with Crippen LogP contribution in [0.4, 0.5) is 5.82 Å². The highest BCUT2D eigenvalue weighted by atomic mass is 35.5. The maximum Gasteiger partial charge on any atom is 0.235 e. The van der Waals surface area contributed by atoms with E-state index < -0.39 is 0 Å². The van der Waals surface area contributed by atoms with Gasteiger partial charge in [-0.3, -0.25) is 9.59 Å². The van der Waals surface area contributed by atoms with Gasteiger partial charge >= 0.3 is 0 Å². The Morgan fingerprint density at radius 2 is 2.14 bits per heavy atom. The molecule has 1 aromatic rings. The predicted molar refractivity (Wildman–Crippen MR) is 88.2 cm³/mol. The minimum absolute atomic E-state index is 0. The molecule has 1 unspecified atom stereocenters. The smallest absolute Gasteiger partial charge is 0.235 e. The first-order chi connectivity index (χ1) is 10.0. The Balaban J connectivity index is 0.00000242. The van der Waals surface area contributed by atoms with E-state index in [1.54, 1.807) is 13.0 Å². The summed E-state index contributed by atoms with van der Waals surface area (Å²) in [6.07, 6.45) is 2.32. The quantitative estimate of drug-likeness (QED) is 0.644. The summed E-state index contributed by atoms with van der Waals surface area (Å²) in [4.78, 5) is 23.2. The van der Waals surface area contributed by atoms with Crippen molar-refractivity contribution in [3.8, 4) is 0 Å². The third kappa shape index (κ3) is 6.67. The van der Waals surface area contributed by atoms with E-state index in [2.05, 4.69) is 15.8 Å². The Bertz CT molecular complexity index is 507. The van der Waals surface area contributed by atoms with Crippen molar-refractivity contribution in [3.05, 3.63) is 11.8 Å². The fourth-order valence-electron chi connectivity index (χ4n) is 1.81. The molecule has 1 atom stereocenters. The van der Waals surface area contributed by atoms with Crippen molar-refractivity contribution in [2.75, 3.05) is 23.4 Å². The van der Waals surface area contributed by atoms with Crippen molar-refractivity contribution in [1.82, 2.24) is 10.5 Å². The summed E-state index contributed by atoms with van der Waals surface area (Å²) in [6, 6.07) is 1.69. The van der Waals surface area contributed by atoms with Gasteiger partial charge in [-0.15, -0.1) is 24.2 Å². The molecule has 1 heterocycles. The Hall–Kier alpha value is -1.25. The number of hydrogen-bond donors (Lipinski definition) is 3. The number of nitrogens with two attached hydrogens (primary N) is 1. The molecule has 7 nitrogen and oxygen atoms in total. The minimum atomic E-state index is -0.212. The summed E-state index contributed by atoms with van der Waals surface area (Å²) in [5.41, 5.74) is 5.89. The number of anilines is 1. The SMILES string of the molecule is Cc1cc(NC(=O)CSCC(=O)NCC(N)C2CC2)no1.Cl. The highest BCUT2D eigenvalue weighted by molar-refractivity contribution is 8.00. The summed E-state index contributed by atoms with van der Waals surface area (Å²) in [6.45, 7) is 2.25. The van der Waals surface area contributed by atoms with Gasteiger partial charge in [-0.1, -0.05) is 5.16 Å². The lowest BCUT2D eigenvalue weighted by molar-refractivity contribution is -0.118. The molecule has 124 valence electrons. The van der Waals surface area contributed by atoms with E-state index in [1.165, 1.54) is 11.8 Å². The fourth-order valence-corrected chi connectivity index (χ4v) is 2.46. The number of carbonyl (C=O) groups is 2. The van der Waals surface area contributed by atoms with E-state index in [9.17, 15) is 9.59 Å². The van der Waals surface area contributed by atoms with Crippen LogP contribution >= 0.6 is 24.2 Å². The molecule has 0 bridgehead atoms. The first-order valence-electron chi connectivity index (χ1n) is 6.88. The first-order valence-corrected chi connectivity index (χ1v) is 8.03. The molecule has 9 heteroatoms. The van der Waals surface area contributed by atoms with Crippen molar-refractivity contribution in [3.63, 3.8) is 0 Å². The van der Waals surface area contributed by atoms with Crippen LogP contribution in [-0.4, -0.2) is 41.1 Å². The molecule has 0 radical (unpaired) electrons. The lowest BCUT2D eigenvalue weighted by Gasteiger charge is -2.11. The maximum atomic E-state index is 11.6. The molecule has 4 N–H and O–H groups in total. The molecule has 1 saturated carbocycles. The van der Waals surface area contributed by atoms with Crippen LogP contribution < -0.4 is 16.4 Å². The number of hydrogen-bond acceptors (Lipinski definition) is 6. The summed E-state index contributed by atoms with van der Waals surface area (Å²) in [5, 5.41) is 9.04. The second kappa shape index (κ2) is 9.02. The standard InChI is InChI=1S/C13H20N4O3S.ClH/c1-8-4-11(17-20-8)16-13(19)7-21-6-12(18)15-5-10(14)9-2-3-9;/h4,9-10H,2-3,5-7,14H2,1H3,(H,15,18)(H,16,17,19);1H. The van der Waals surface area contributed by atoms with Crippen molar-refractivity contribution in [2.45, 2.75) is 25.8 Å². The number of amides is 2. The topological polar surface area (TPSA) is 110 Å². The third-order valence-electron chi connectivity index (χ3n) is 3.12. The van der Waals surface area contributed by atoms with E-state index in [4.69, 9.17) is 10.3 Å². The maximum absolute atomic E-state index is 11.6. The zero-order chi connectivity index (χ0) is 15.2. The summed E-state index contributed by atoms with van der Waals surface area (Å²) >= 11 is 1.25. The summed E-state index contributed by atoms with van der Waals surface area (Å²) in [7, 11) is 0. The van der Waals surface area contributed by atoms with Gasteiger partial charge in [0.1, 0.15) is 5.76 Å². The van der Waals surface area contributed by atoms with Gasteiger partial charge in [0.25, 0.3) is 0 Å². The molecule has 2 rings (SSSR count). The van der Waals surface area contributed by atoms with E-state index in [1.807, 2.05) is 0 Å². The van der Waals surface area contributed by atoms with Gasteiger partial charge < -0.3 is 20.9 Å². The number of nitrogens with one attached hydrogen (secondary N) is 2. The van der Waals surface area contributed by atoms with Crippen molar-refractivity contribution in [2.24, 2.45) is 11.7 Å². The van der Waals surface area contributed by atoms with E-state index >= 15 is 0 Å². The van der Waals surface area contributed by atoms with Gasteiger partial charge in [0.15, 0.2) is 5.82 Å². The summed E-state index contributed by atoms with van der Waals surface area (Å²) in [5.74, 6) is 1.70. The first kappa shape index (κ1) is 18.8. The van der Waals surface area contributed by atoms with Crippen LogP contribution in [0.5, 0.6) is 0 Å². The molecule has 1 aliphatic rings. The fraction of sp³-hybridized carbons (Fsp3) is 0.615. The van der Waals surface area contributed by atoms with E-state index in [-0.39, 0.29) is 41.8 Å². The van der Waals surface area contributed by atoms with Gasteiger partial charge in [0.05, 0.1) is 11.5 Å². The zero-order valence-corrected chi connectivity index (χ0v) is 14.0. The van der Waals surface area contributed by atoms with E-state index in [0.29, 0.717) is 24.0 Å². The Labute approximate surface area is 139 Å². The van der Waals surface area contributed by atoms with Crippen LogP contribution in [0.25, 0.3) is 0 Å². The van der Waals surface area contributed by atoms with Crippen LogP contribution in [0.3, 0.4) is 0 Å². The molecule has 2 amide bonds. The van der Waals surface area contributed by atoms with Gasteiger partial charge in [0, 0.05) is 18.7 Å². The zero-order valence-electron chi connectivity index (χ0n) is 12.3. The van der Waals surface area contributed by atoms with Gasteiger partial charge in [-0.25, -0.2) is 0 Å². The molecular formula is C13H21ClN4O3S. The van der Waals surface area contributed by atoms with Crippen LogP contribution in [0.1, 0.15) is 18.6 Å². The highest BCUT2D eigenvalue weighted by Gasteiger charge is 2.28. The van der Waals surface area contributed by atoms with E-state index in [0.717, 1.165) is 12.8 Å². The Morgan fingerprint density at radius 1 is 1.45 bits per heavy atom. The lowest BCUT2D eigenvalue weighted by Crippen LogP contribution is -2.39. The van der Waals surface area contributed by atoms with Crippen LogP contribution in [-0.2, 0) is 9.59 Å². The van der Waals surface area contributed by atoms with Crippen molar-refractivity contribution in [1.29, 1.82) is 0 Å². The molecule has 0 spiro atoms. The lowest BCUT2D eigenvalue weighted by atomic mass is 10.2.